The summed E-state index contributed by atoms with van der Waals surface area (Å²) in [7, 11) is 0. The number of hydrogen-bond donors (Lipinski definition) is 0. The average Bonchev–Trinajstić information content (AvgIpc) is 2.71. The smallest absolute Gasteiger partial charge is 0.269 e. The standard InChI is InChI=1S/C22H18N2O3/c25-22-14-20(17-9-6-10-18(13-17)24(26)27)19-11-4-5-12-21(19)23(22)15-16-7-2-1-3-8-16/h1-13,20H,14-15H2. The van der Waals surface area contributed by atoms with E-state index in [1.807, 2.05) is 60.7 Å². The van der Waals surface area contributed by atoms with Gasteiger partial charge in [0.05, 0.1) is 11.5 Å². The zero-order valence-electron chi connectivity index (χ0n) is 14.6. The van der Waals surface area contributed by atoms with E-state index in [0.717, 1.165) is 22.4 Å². The number of hydrogen-bond acceptors (Lipinski definition) is 3. The van der Waals surface area contributed by atoms with Crippen molar-refractivity contribution in [3.05, 3.63) is 106 Å². The monoisotopic (exact) mass is 358 g/mol. The highest BCUT2D eigenvalue weighted by atomic mass is 16.6. The second kappa shape index (κ2) is 7.03. The van der Waals surface area contributed by atoms with Crippen LogP contribution in [0.1, 0.15) is 29.0 Å². The second-order valence-electron chi connectivity index (χ2n) is 6.63. The largest absolute Gasteiger partial charge is 0.308 e. The first kappa shape index (κ1) is 17.0. The molecule has 0 spiro atoms. The Morgan fingerprint density at radius 1 is 0.963 bits per heavy atom. The van der Waals surface area contributed by atoms with E-state index in [1.54, 1.807) is 17.0 Å². The average molecular weight is 358 g/mol. The van der Waals surface area contributed by atoms with Crippen molar-refractivity contribution in [3.63, 3.8) is 0 Å². The summed E-state index contributed by atoms with van der Waals surface area (Å²) in [5.41, 5.74) is 3.80. The molecule has 3 aromatic rings. The Hall–Kier alpha value is -3.47. The number of nitro benzene ring substituents is 1. The SMILES string of the molecule is O=C1CC(c2cccc([N+](=O)[O-])c2)c2ccccc2N1Cc1ccccc1. The van der Waals surface area contributed by atoms with Crippen LogP contribution in [-0.4, -0.2) is 10.8 Å². The molecule has 1 atom stereocenters. The number of carbonyl (C=O) groups excluding carboxylic acids is 1. The molecule has 0 aromatic heterocycles. The van der Waals surface area contributed by atoms with Gasteiger partial charge in [-0.05, 0) is 22.8 Å². The number of rotatable bonds is 4. The van der Waals surface area contributed by atoms with E-state index >= 15 is 0 Å². The van der Waals surface area contributed by atoms with Crippen LogP contribution < -0.4 is 4.90 Å². The number of para-hydroxylation sites is 1. The minimum Gasteiger partial charge on any atom is -0.308 e. The lowest BCUT2D eigenvalue weighted by atomic mass is 9.83. The first-order valence-corrected chi connectivity index (χ1v) is 8.81. The molecule has 1 aliphatic heterocycles. The molecular weight excluding hydrogens is 340 g/mol. The molecular formula is C22H18N2O3. The Kier molecular flexibility index (Phi) is 4.42. The third-order valence-electron chi connectivity index (χ3n) is 4.95. The summed E-state index contributed by atoms with van der Waals surface area (Å²) in [5.74, 6) is -0.158. The van der Waals surface area contributed by atoms with E-state index in [1.165, 1.54) is 6.07 Å². The fraction of sp³-hybridized carbons (Fsp3) is 0.136. The predicted octanol–water partition coefficient (Wildman–Crippen LogP) is 4.66. The molecule has 1 amide bonds. The topological polar surface area (TPSA) is 63.4 Å². The number of amides is 1. The molecule has 0 radical (unpaired) electrons. The highest BCUT2D eigenvalue weighted by Crippen LogP contribution is 2.41. The van der Waals surface area contributed by atoms with Crippen molar-refractivity contribution in [2.24, 2.45) is 0 Å². The third kappa shape index (κ3) is 3.31. The molecule has 4 rings (SSSR count). The van der Waals surface area contributed by atoms with Crippen molar-refractivity contribution in [2.75, 3.05) is 4.90 Å². The molecule has 0 fully saturated rings. The van der Waals surface area contributed by atoms with Gasteiger partial charge in [0, 0.05) is 30.2 Å². The fourth-order valence-corrected chi connectivity index (χ4v) is 3.65. The summed E-state index contributed by atoms with van der Waals surface area (Å²) in [6, 6.07) is 24.3. The van der Waals surface area contributed by atoms with Crippen LogP contribution in [0.5, 0.6) is 0 Å². The van der Waals surface area contributed by atoms with Gasteiger partial charge in [0.2, 0.25) is 5.91 Å². The van der Waals surface area contributed by atoms with E-state index < -0.39 is 4.92 Å². The van der Waals surface area contributed by atoms with Gasteiger partial charge in [-0.15, -0.1) is 0 Å². The molecule has 0 saturated carbocycles. The highest BCUT2D eigenvalue weighted by molar-refractivity contribution is 5.97. The summed E-state index contributed by atoms with van der Waals surface area (Å²) in [4.78, 5) is 25.5. The Labute approximate surface area is 157 Å². The van der Waals surface area contributed by atoms with Crippen LogP contribution in [-0.2, 0) is 11.3 Å². The highest BCUT2D eigenvalue weighted by Gasteiger charge is 2.32. The summed E-state index contributed by atoms with van der Waals surface area (Å²) < 4.78 is 0. The molecule has 0 bridgehead atoms. The molecule has 134 valence electrons. The minimum atomic E-state index is -0.401. The van der Waals surface area contributed by atoms with Gasteiger partial charge in [0.15, 0.2) is 0 Å². The van der Waals surface area contributed by atoms with Crippen LogP contribution in [0.15, 0.2) is 78.9 Å². The van der Waals surface area contributed by atoms with Gasteiger partial charge < -0.3 is 4.90 Å². The van der Waals surface area contributed by atoms with Gasteiger partial charge in [-0.3, -0.25) is 14.9 Å². The fourth-order valence-electron chi connectivity index (χ4n) is 3.65. The number of nitrogens with zero attached hydrogens (tertiary/aromatic N) is 2. The minimum absolute atomic E-state index is 0.0223. The molecule has 0 N–H and O–H groups in total. The molecule has 1 aliphatic rings. The van der Waals surface area contributed by atoms with Gasteiger partial charge in [0.1, 0.15) is 0 Å². The summed E-state index contributed by atoms with van der Waals surface area (Å²) >= 11 is 0. The van der Waals surface area contributed by atoms with Crippen LogP contribution in [0.3, 0.4) is 0 Å². The first-order chi connectivity index (χ1) is 13.1. The molecule has 1 unspecified atom stereocenters. The zero-order valence-corrected chi connectivity index (χ0v) is 14.6. The number of non-ortho nitro benzene ring substituents is 1. The summed E-state index contributed by atoms with van der Waals surface area (Å²) in [6.07, 6.45) is 0.297. The first-order valence-electron chi connectivity index (χ1n) is 8.81. The van der Waals surface area contributed by atoms with Crippen LogP contribution >= 0.6 is 0 Å². The van der Waals surface area contributed by atoms with Crippen LogP contribution in [0.4, 0.5) is 11.4 Å². The van der Waals surface area contributed by atoms with Gasteiger partial charge in [-0.1, -0.05) is 60.7 Å². The van der Waals surface area contributed by atoms with Gasteiger partial charge in [-0.2, -0.15) is 0 Å². The number of benzene rings is 3. The predicted molar refractivity (Wildman–Crippen MR) is 104 cm³/mol. The number of carbonyl (C=O) groups is 1. The molecule has 3 aromatic carbocycles. The number of anilines is 1. The maximum Gasteiger partial charge on any atom is 0.269 e. The zero-order chi connectivity index (χ0) is 18.8. The Morgan fingerprint density at radius 3 is 2.48 bits per heavy atom. The van der Waals surface area contributed by atoms with Gasteiger partial charge in [0.25, 0.3) is 5.69 Å². The Balaban J connectivity index is 1.74. The van der Waals surface area contributed by atoms with E-state index in [9.17, 15) is 14.9 Å². The van der Waals surface area contributed by atoms with Crippen LogP contribution in [0.2, 0.25) is 0 Å². The lowest BCUT2D eigenvalue weighted by Crippen LogP contribution is -2.36. The van der Waals surface area contributed by atoms with E-state index in [0.29, 0.717) is 13.0 Å². The van der Waals surface area contributed by atoms with Crippen molar-refractivity contribution >= 4 is 17.3 Å². The van der Waals surface area contributed by atoms with E-state index in [2.05, 4.69) is 0 Å². The molecule has 0 saturated heterocycles. The van der Waals surface area contributed by atoms with Crippen molar-refractivity contribution in [1.82, 2.24) is 0 Å². The number of nitro groups is 1. The van der Waals surface area contributed by atoms with Crippen molar-refractivity contribution < 1.29 is 9.72 Å². The van der Waals surface area contributed by atoms with E-state index in [4.69, 9.17) is 0 Å². The summed E-state index contributed by atoms with van der Waals surface area (Å²) in [5, 5.41) is 11.1. The lowest BCUT2D eigenvalue weighted by molar-refractivity contribution is -0.384. The summed E-state index contributed by atoms with van der Waals surface area (Å²) in [6.45, 7) is 0.512. The van der Waals surface area contributed by atoms with Crippen molar-refractivity contribution in [3.8, 4) is 0 Å². The van der Waals surface area contributed by atoms with Gasteiger partial charge in [-0.25, -0.2) is 0 Å². The van der Waals surface area contributed by atoms with Gasteiger partial charge >= 0.3 is 0 Å². The number of fused-ring (bicyclic) bond motifs is 1. The Morgan fingerprint density at radius 2 is 1.70 bits per heavy atom. The van der Waals surface area contributed by atoms with Crippen LogP contribution in [0, 0.1) is 10.1 Å². The maximum atomic E-state index is 13.0. The normalized spacial score (nSPS) is 16.1. The third-order valence-corrected chi connectivity index (χ3v) is 4.95. The maximum absolute atomic E-state index is 13.0. The molecule has 5 heteroatoms. The molecule has 5 nitrogen and oxygen atoms in total. The lowest BCUT2D eigenvalue weighted by Gasteiger charge is -2.34. The van der Waals surface area contributed by atoms with E-state index in [-0.39, 0.29) is 17.5 Å². The quantitative estimate of drug-likeness (QED) is 0.503. The second-order valence-corrected chi connectivity index (χ2v) is 6.63. The Bertz CT molecular complexity index is 1000. The van der Waals surface area contributed by atoms with Crippen LogP contribution in [0.25, 0.3) is 0 Å². The van der Waals surface area contributed by atoms with Crippen molar-refractivity contribution in [2.45, 2.75) is 18.9 Å². The molecule has 1 heterocycles. The molecule has 27 heavy (non-hydrogen) atoms. The van der Waals surface area contributed by atoms with Crippen molar-refractivity contribution in [1.29, 1.82) is 0 Å². The molecule has 0 aliphatic carbocycles.